The largest absolute Gasteiger partial charge is 0.361 e. The summed E-state index contributed by atoms with van der Waals surface area (Å²) in [6.07, 6.45) is 12.5. The predicted molar refractivity (Wildman–Crippen MR) is 178 cm³/mol. The number of thiophene rings is 1. The van der Waals surface area contributed by atoms with Crippen molar-refractivity contribution in [3.8, 4) is 0 Å². The summed E-state index contributed by atoms with van der Waals surface area (Å²) in [5.41, 5.74) is 5.24. The van der Waals surface area contributed by atoms with Gasteiger partial charge in [-0.1, -0.05) is 123 Å². The Morgan fingerprint density at radius 3 is 1.75 bits per heavy atom. The lowest BCUT2D eigenvalue weighted by molar-refractivity contribution is 0.305. The topological polar surface area (TPSA) is 26.0 Å². The normalized spacial score (nSPS) is 13.4. The number of benzene rings is 1. The number of rotatable bonds is 8. The highest BCUT2D eigenvalue weighted by Crippen LogP contribution is 2.28. The summed E-state index contributed by atoms with van der Waals surface area (Å²) in [7, 11) is 0. The molecule has 2 heterocycles. The van der Waals surface area contributed by atoms with Crippen LogP contribution in [0.4, 0.5) is 0 Å². The van der Waals surface area contributed by atoms with Crippen LogP contribution in [0.3, 0.4) is 0 Å². The van der Waals surface area contributed by atoms with Crippen molar-refractivity contribution in [3.63, 3.8) is 0 Å². The van der Waals surface area contributed by atoms with E-state index >= 15 is 0 Å². The Kier molecular flexibility index (Phi) is 18.9. The Bertz CT molecular complexity index is 944. The highest BCUT2D eigenvalue weighted by atomic mass is 32.1. The lowest BCUT2D eigenvalue weighted by Crippen LogP contribution is -2.08. The molecule has 0 spiro atoms. The molecular formula is C37H61NOS. The van der Waals surface area contributed by atoms with E-state index in [0.29, 0.717) is 5.92 Å². The molecule has 226 valence electrons. The van der Waals surface area contributed by atoms with Crippen molar-refractivity contribution >= 4 is 11.3 Å². The van der Waals surface area contributed by atoms with Crippen LogP contribution in [0.2, 0.25) is 0 Å². The van der Waals surface area contributed by atoms with Gasteiger partial charge in [-0.05, 0) is 97.1 Å². The molecule has 0 aliphatic heterocycles. The fraction of sp³-hybridized carbons (Fsp3) is 0.649. The fourth-order valence-corrected chi connectivity index (χ4v) is 5.94. The van der Waals surface area contributed by atoms with Crippen LogP contribution in [0.5, 0.6) is 0 Å². The molecule has 0 unspecified atom stereocenters. The van der Waals surface area contributed by atoms with Gasteiger partial charge < -0.3 is 4.52 Å². The lowest BCUT2D eigenvalue weighted by atomic mass is 9.84. The van der Waals surface area contributed by atoms with Crippen molar-refractivity contribution in [1.82, 2.24) is 5.16 Å². The summed E-state index contributed by atoms with van der Waals surface area (Å²) in [5, 5.41) is 8.25. The lowest BCUT2D eigenvalue weighted by Gasteiger charge is -2.22. The summed E-state index contributed by atoms with van der Waals surface area (Å²) in [6.45, 7) is 22.0. The van der Waals surface area contributed by atoms with Gasteiger partial charge in [0, 0.05) is 5.56 Å². The average Bonchev–Trinajstić information content (AvgIpc) is 3.50. The molecule has 3 heteroatoms. The molecule has 1 saturated carbocycles. The van der Waals surface area contributed by atoms with Crippen LogP contribution in [-0.4, -0.2) is 5.16 Å². The van der Waals surface area contributed by atoms with Crippen molar-refractivity contribution in [2.24, 2.45) is 29.6 Å². The Hall–Kier alpha value is -1.87. The second-order valence-corrected chi connectivity index (χ2v) is 14.1. The molecule has 1 aromatic carbocycles. The average molecular weight is 568 g/mol. The smallest absolute Gasteiger partial charge is 0.137 e. The van der Waals surface area contributed by atoms with E-state index in [1.54, 1.807) is 11.3 Å². The van der Waals surface area contributed by atoms with Crippen LogP contribution in [0.15, 0.2) is 51.7 Å². The first-order valence-electron chi connectivity index (χ1n) is 15.9. The quantitative estimate of drug-likeness (QED) is 0.270. The fourth-order valence-electron chi connectivity index (χ4n) is 5.26. The van der Waals surface area contributed by atoms with Crippen molar-refractivity contribution in [3.05, 3.63) is 75.3 Å². The summed E-state index contributed by atoms with van der Waals surface area (Å²) < 4.78 is 5.05. The minimum absolute atomic E-state index is 0.673. The van der Waals surface area contributed by atoms with Crippen LogP contribution in [-0.2, 0) is 19.3 Å². The van der Waals surface area contributed by atoms with E-state index < -0.39 is 0 Å². The molecule has 40 heavy (non-hydrogen) atoms. The molecule has 0 amide bonds. The highest BCUT2D eigenvalue weighted by Gasteiger charge is 2.14. The van der Waals surface area contributed by atoms with Gasteiger partial charge in [0.1, 0.15) is 5.76 Å². The number of aryl methyl sites for hydroxylation is 2. The third-order valence-electron chi connectivity index (χ3n) is 7.03. The van der Waals surface area contributed by atoms with Crippen molar-refractivity contribution in [1.29, 1.82) is 0 Å². The van der Waals surface area contributed by atoms with E-state index in [9.17, 15) is 0 Å². The minimum atomic E-state index is 0.673. The Balaban J connectivity index is 0.000000267. The van der Waals surface area contributed by atoms with Crippen molar-refractivity contribution < 1.29 is 4.52 Å². The summed E-state index contributed by atoms with van der Waals surface area (Å²) in [4.78, 5) is 0. The van der Waals surface area contributed by atoms with Crippen LogP contribution >= 0.6 is 11.3 Å². The van der Waals surface area contributed by atoms with E-state index in [2.05, 4.69) is 108 Å². The highest BCUT2D eigenvalue weighted by molar-refractivity contribution is 7.07. The Morgan fingerprint density at radius 2 is 1.30 bits per heavy atom. The molecule has 0 atom stereocenters. The second-order valence-electron chi connectivity index (χ2n) is 13.3. The van der Waals surface area contributed by atoms with Crippen LogP contribution in [0, 0.1) is 43.4 Å². The molecular weight excluding hydrogens is 506 g/mol. The Morgan fingerprint density at radius 1 is 0.725 bits per heavy atom. The summed E-state index contributed by atoms with van der Waals surface area (Å²) in [5.74, 6) is 5.20. The van der Waals surface area contributed by atoms with Gasteiger partial charge in [0.15, 0.2) is 0 Å². The maximum Gasteiger partial charge on any atom is 0.137 e. The van der Waals surface area contributed by atoms with E-state index in [4.69, 9.17) is 4.52 Å². The number of hydrogen-bond acceptors (Lipinski definition) is 3. The van der Waals surface area contributed by atoms with Gasteiger partial charge in [-0.3, -0.25) is 0 Å². The monoisotopic (exact) mass is 567 g/mol. The molecule has 2 aromatic heterocycles. The van der Waals surface area contributed by atoms with Crippen LogP contribution in [0.1, 0.15) is 122 Å². The number of nitrogens with zero attached hydrogens (tertiary/aromatic N) is 1. The Labute approximate surface area is 252 Å². The molecule has 1 aliphatic carbocycles. The van der Waals surface area contributed by atoms with Gasteiger partial charge in [0.05, 0.1) is 5.69 Å². The second kappa shape index (κ2) is 20.9. The minimum Gasteiger partial charge on any atom is -0.361 e. The van der Waals surface area contributed by atoms with Gasteiger partial charge >= 0.3 is 0 Å². The van der Waals surface area contributed by atoms with E-state index in [1.165, 1.54) is 68.1 Å². The molecule has 2 nitrogen and oxygen atoms in total. The molecule has 1 fully saturated rings. The number of aromatic nitrogens is 1. The molecule has 3 aromatic rings. The molecule has 0 N–H and O–H groups in total. The maximum absolute atomic E-state index is 5.05. The molecule has 1 aliphatic rings. The molecule has 0 bridgehead atoms. The van der Waals surface area contributed by atoms with Gasteiger partial charge in [0.25, 0.3) is 0 Å². The summed E-state index contributed by atoms with van der Waals surface area (Å²) in [6, 6.07) is 12.8. The van der Waals surface area contributed by atoms with Gasteiger partial charge in [0.2, 0.25) is 0 Å². The van der Waals surface area contributed by atoms with Gasteiger partial charge in [-0.25, -0.2) is 0 Å². The van der Waals surface area contributed by atoms with Crippen LogP contribution in [0.25, 0.3) is 0 Å². The maximum atomic E-state index is 5.05. The summed E-state index contributed by atoms with van der Waals surface area (Å²) >= 11 is 1.78. The first-order chi connectivity index (χ1) is 19.0. The zero-order valence-corrected chi connectivity index (χ0v) is 28.4. The van der Waals surface area contributed by atoms with Gasteiger partial charge in [-0.2, -0.15) is 11.3 Å². The van der Waals surface area contributed by atoms with E-state index in [0.717, 1.165) is 41.5 Å². The van der Waals surface area contributed by atoms with Gasteiger partial charge in [-0.15, -0.1) is 0 Å². The zero-order valence-electron chi connectivity index (χ0n) is 27.6. The third kappa shape index (κ3) is 17.7. The first kappa shape index (κ1) is 36.2. The van der Waals surface area contributed by atoms with E-state index in [1.807, 2.05) is 13.8 Å². The zero-order chi connectivity index (χ0) is 29.9. The van der Waals surface area contributed by atoms with Crippen molar-refractivity contribution in [2.45, 2.75) is 127 Å². The van der Waals surface area contributed by atoms with Crippen molar-refractivity contribution in [2.75, 3.05) is 0 Å². The van der Waals surface area contributed by atoms with Crippen LogP contribution < -0.4 is 0 Å². The van der Waals surface area contributed by atoms with E-state index in [-0.39, 0.29) is 0 Å². The predicted octanol–water partition coefficient (Wildman–Crippen LogP) is 11.9. The first-order valence-corrected chi connectivity index (χ1v) is 16.9. The number of hydrogen-bond donors (Lipinski definition) is 0. The molecule has 4 rings (SSSR count). The SMILES string of the molecule is CC(C)CC1CCCCC1.CC(C)Cc1ccccc1.CC(C)Cc1ccsc1.Cc1noc(C)c1CC(C)C. The third-order valence-corrected chi connectivity index (χ3v) is 7.77. The standard InChI is InChI=1S/C10H20.C10H14.C9H15NO.C8H12S/c2*1-9(2)8-10-6-4-3-5-7-10;1-6(2)5-9-7(3)10-11-8(9)4;1-7(2)5-8-3-4-9-6-8/h9-10H,3-8H2,1-2H3;3-7,9H,8H2,1-2H3;6H,5H2,1-4H3;3-4,6-7H,5H2,1-2H3. The molecule has 0 radical (unpaired) electrons. The molecule has 0 saturated heterocycles.